The van der Waals surface area contributed by atoms with E-state index in [9.17, 15) is 61.0 Å². The second kappa shape index (κ2) is 51.9. The number of unbranched alkanes of at least 4 members (excludes halogenated alkanes) is 38. The maximum atomic E-state index is 13.4. The molecular weight excluding hydrogens is 1130 g/mol. The first-order valence-corrected chi connectivity index (χ1v) is 35.9. The number of hydrogen-bond donors (Lipinski definition) is 12. The van der Waals surface area contributed by atoms with Gasteiger partial charge < -0.3 is 89.9 Å². The molecule has 3 fully saturated rings. The maximum Gasteiger partial charge on any atom is 0.220 e. The van der Waals surface area contributed by atoms with Gasteiger partial charge in [-0.15, -0.1) is 0 Å². The van der Waals surface area contributed by atoms with Crippen molar-refractivity contribution in [3.8, 4) is 0 Å². The lowest BCUT2D eigenvalue weighted by Gasteiger charge is -2.48. The Balaban J connectivity index is 1.42. The standard InChI is InChI=1S/C69H131NO18/c1-3-5-7-9-11-13-15-17-19-21-23-24-25-26-27-29-30-32-34-36-38-40-42-44-46-53(74)52(70-57(75)47-45-43-41-39-37-35-33-31-28-22-20-18-16-14-12-10-8-6-4-2)51-83-67-63(81)60(78)65(55(49-72)85-67)88-69-64(82)61(79)66(56(50-73)86-69)87-68-62(80)59(77)58(76)54(48-71)84-68/h18,20,52-56,58-69,71-74,76-82H,3-17,19,21-51H2,1-2H3,(H,70,75)/b20-18-. The third kappa shape index (κ3) is 33.6. The number of aliphatic hydroxyl groups excluding tert-OH is 11. The van der Waals surface area contributed by atoms with E-state index in [2.05, 4.69) is 31.3 Å². The van der Waals surface area contributed by atoms with Gasteiger partial charge in [0, 0.05) is 6.42 Å². The molecule has 3 heterocycles. The Kier molecular flexibility index (Phi) is 47.6. The number of carbonyl (C=O) groups excluding carboxylic acids is 1. The van der Waals surface area contributed by atoms with Crippen molar-refractivity contribution in [2.75, 3.05) is 26.4 Å². The molecule has 520 valence electrons. The molecule has 0 saturated carbocycles. The largest absolute Gasteiger partial charge is 0.394 e. The summed E-state index contributed by atoms with van der Waals surface area (Å²) in [6.45, 7) is 1.83. The zero-order chi connectivity index (χ0) is 64.0. The number of aliphatic hydroxyl groups is 11. The van der Waals surface area contributed by atoms with Gasteiger partial charge in [-0.25, -0.2) is 0 Å². The molecule has 19 nitrogen and oxygen atoms in total. The summed E-state index contributed by atoms with van der Waals surface area (Å²) in [7, 11) is 0. The van der Waals surface area contributed by atoms with Crippen molar-refractivity contribution >= 4 is 5.91 Å². The summed E-state index contributed by atoms with van der Waals surface area (Å²) in [4.78, 5) is 13.4. The highest BCUT2D eigenvalue weighted by Gasteiger charge is 2.53. The minimum absolute atomic E-state index is 0.240. The molecular formula is C69H131NO18. The van der Waals surface area contributed by atoms with E-state index in [4.69, 9.17) is 28.4 Å². The van der Waals surface area contributed by atoms with E-state index in [0.717, 1.165) is 51.4 Å². The lowest BCUT2D eigenvalue weighted by molar-refractivity contribution is -0.379. The molecule has 0 radical (unpaired) electrons. The lowest BCUT2D eigenvalue weighted by atomic mass is 9.96. The normalized spacial score (nSPS) is 28.4. The van der Waals surface area contributed by atoms with Crippen LogP contribution in [-0.4, -0.2) is 193 Å². The molecule has 0 aliphatic carbocycles. The van der Waals surface area contributed by atoms with E-state index in [1.807, 2.05) is 0 Å². The van der Waals surface area contributed by atoms with E-state index >= 15 is 0 Å². The highest BCUT2D eigenvalue weighted by molar-refractivity contribution is 5.76. The zero-order valence-electron chi connectivity index (χ0n) is 55.0. The van der Waals surface area contributed by atoms with E-state index in [0.29, 0.717) is 12.8 Å². The maximum absolute atomic E-state index is 13.4. The van der Waals surface area contributed by atoms with Crippen molar-refractivity contribution in [2.24, 2.45) is 0 Å². The monoisotopic (exact) mass is 1260 g/mol. The van der Waals surface area contributed by atoms with Gasteiger partial charge in [0.05, 0.1) is 38.6 Å². The molecule has 0 aromatic rings. The van der Waals surface area contributed by atoms with Gasteiger partial charge in [0.25, 0.3) is 0 Å². The molecule has 3 aliphatic heterocycles. The number of rotatable bonds is 56. The van der Waals surface area contributed by atoms with Crippen LogP contribution in [0.1, 0.15) is 290 Å². The molecule has 0 aromatic heterocycles. The molecule has 19 heteroatoms. The third-order valence-corrected chi connectivity index (χ3v) is 18.3. The molecule has 3 saturated heterocycles. The third-order valence-electron chi connectivity index (χ3n) is 18.3. The summed E-state index contributed by atoms with van der Waals surface area (Å²) < 4.78 is 34.4. The fourth-order valence-corrected chi connectivity index (χ4v) is 12.5. The first-order valence-electron chi connectivity index (χ1n) is 35.9. The van der Waals surface area contributed by atoms with Gasteiger partial charge in [0.2, 0.25) is 5.91 Å². The smallest absolute Gasteiger partial charge is 0.220 e. The Morgan fingerprint density at radius 2 is 0.716 bits per heavy atom. The summed E-state index contributed by atoms with van der Waals surface area (Å²) in [5.41, 5.74) is 0. The average molecular weight is 1260 g/mol. The van der Waals surface area contributed by atoms with Crippen molar-refractivity contribution in [2.45, 2.75) is 394 Å². The molecule has 12 N–H and O–H groups in total. The number of allylic oxidation sites excluding steroid dienone is 2. The van der Waals surface area contributed by atoms with Crippen LogP contribution in [0, 0.1) is 0 Å². The van der Waals surface area contributed by atoms with E-state index in [1.165, 1.54) is 205 Å². The van der Waals surface area contributed by atoms with Gasteiger partial charge >= 0.3 is 0 Å². The van der Waals surface area contributed by atoms with Crippen LogP contribution in [0.25, 0.3) is 0 Å². The van der Waals surface area contributed by atoms with Gasteiger partial charge in [0.1, 0.15) is 73.2 Å². The SMILES string of the molecule is CCCCCCCC/C=C\CCCCCCCCCCCC(=O)NC(COC1OC(CO)C(OC2OC(CO)C(OC3OC(CO)C(O)C(O)C3O)C(O)C2O)C(O)C1O)C(O)CCCCCCCCCCCCCCCCCCCCCCCCCC. The van der Waals surface area contributed by atoms with Gasteiger partial charge in [-0.3, -0.25) is 4.79 Å². The summed E-state index contributed by atoms with van der Waals surface area (Å²) in [6, 6.07) is -0.886. The number of hydrogen-bond acceptors (Lipinski definition) is 18. The molecule has 0 bridgehead atoms. The fraction of sp³-hybridized carbons (Fsp3) is 0.957. The van der Waals surface area contributed by atoms with Crippen LogP contribution >= 0.6 is 0 Å². The van der Waals surface area contributed by atoms with E-state index in [-0.39, 0.29) is 18.9 Å². The molecule has 0 aromatic carbocycles. The predicted molar refractivity (Wildman–Crippen MR) is 342 cm³/mol. The minimum atomic E-state index is -1.97. The summed E-state index contributed by atoms with van der Waals surface area (Å²) in [5, 5.41) is 121. The Labute approximate surface area is 531 Å². The zero-order valence-corrected chi connectivity index (χ0v) is 55.0. The van der Waals surface area contributed by atoms with Crippen molar-refractivity contribution in [1.29, 1.82) is 0 Å². The van der Waals surface area contributed by atoms with Crippen LogP contribution in [0.15, 0.2) is 12.2 Å². The summed E-state index contributed by atoms with van der Waals surface area (Å²) in [5.74, 6) is -0.240. The Bertz CT molecular complexity index is 1650. The van der Waals surface area contributed by atoms with Crippen molar-refractivity contribution in [1.82, 2.24) is 5.32 Å². The molecule has 0 spiro atoms. The van der Waals surface area contributed by atoms with E-state index < -0.39 is 124 Å². The highest BCUT2D eigenvalue weighted by atomic mass is 16.8. The van der Waals surface area contributed by atoms with Crippen LogP contribution in [0.5, 0.6) is 0 Å². The Morgan fingerprint density at radius 3 is 1.10 bits per heavy atom. The van der Waals surface area contributed by atoms with Gasteiger partial charge in [0.15, 0.2) is 18.9 Å². The first kappa shape index (κ1) is 80.8. The number of carbonyl (C=O) groups is 1. The molecule has 88 heavy (non-hydrogen) atoms. The molecule has 3 aliphatic rings. The Morgan fingerprint density at radius 1 is 0.398 bits per heavy atom. The molecule has 17 unspecified atom stereocenters. The summed E-state index contributed by atoms with van der Waals surface area (Å²) in [6.07, 6.45) is 30.0. The fourth-order valence-electron chi connectivity index (χ4n) is 12.5. The molecule has 3 rings (SSSR count). The van der Waals surface area contributed by atoms with Gasteiger partial charge in [-0.05, 0) is 38.5 Å². The van der Waals surface area contributed by atoms with Crippen LogP contribution < -0.4 is 5.32 Å². The average Bonchev–Trinajstić information content (AvgIpc) is 3.71. The second-order valence-electron chi connectivity index (χ2n) is 26.1. The predicted octanol–water partition coefficient (Wildman–Crippen LogP) is 9.67. The Hall–Kier alpha value is -1.47. The quantitative estimate of drug-likeness (QED) is 0.0199. The van der Waals surface area contributed by atoms with Gasteiger partial charge in [-0.2, -0.15) is 0 Å². The topological polar surface area (TPSA) is 307 Å². The van der Waals surface area contributed by atoms with Gasteiger partial charge in [-0.1, -0.05) is 257 Å². The minimum Gasteiger partial charge on any atom is -0.394 e. The molecule has 17 atom stereocenters. The van der Waals surface area contributed by atoms with E-state index in [1.54, 1.807) is 0 Å². The number of ether oxygens (including phenoxy) is 6. The van der Waals surface area contributed by atoms with Crippen LogP contribution in [0.2, 0.25) is 0 Å². The van der Waals surface area contributed by atoms with Crippen molar-refractivity contribution < 1.29 is 89.4 Å². The number of amides is 1. The number of nitrogens with one attached hydrogen (secondary N) is 1. The second-order valence-corrected chi connectivity index (χ2v) is 26.1. The molecule has 1 amide bonds. The van der Waals surface area contributed by atoms with Crippen LogP contribution in [0.4, 0.5) is 0 Å². The first-order chi connectivity index (χ1) is 42.8. The van der Waals surface area contributed by atoms with Crippen molar-refractivity contribution in [3.05, 3.63) is 12.2 Å². The highest BCUT2D eigenvalue weighted by Crippen LogP contribution is 2.33. The summed E-state index contributed by atoms with van der Waals surface area (Å²) >= 11 is 0. The van der Waals surface area contributed by atoms with Crippen molar-refractivity contribution in [3.63, 3.8) is 0 Å². The van der Waals surface area contributed by atoms with Crippen LogP contribution in [0.3, 0.4) is 0 Å². The van der Waals surface area contributed by atoms with Crippen LogP contribution in [-0.2, 0) is 33.2 Å². The lowest BCUT2D eigenvalue weighted by Crippen LogP contribution is -2.66.